The number of nitrogens with one attached hydrogen (secondary N) is 1. The molecule has 0 bridgehead atoms. The Morgan fingerprint density at radius 3 is 2.85 bits per heavy atom. The van der Waals surface area contributed by atoms with Crippen molar-refractivity contribution in [2.45, 2.75) is 32.1 Å². The average Bonchev–Trinajstić information content (AvgIpc) is 2.73. The molecular weight excluding hydrogens is 294 g/mol. The van der Waals surface area contributed by atoms with E-state index >= 15 is 0 Å². The highest BCUT2D eigenvalue weighted by atomic mass is 35.5. The number of amides is 1. The molecule has 1 amide bonds. The summed E-state index contributed by atoms with van der Waals surface area (Å²) in [6, 6.07) is 2.02. The molecule has 0 saturated heterocycles. The van der Waals surface area contributed by atoms with E-state index in [-0.39, 0.29) is 5.91 Å². The maximum absolute atomic E-state index is 12.2. The summed E-state index contributed by atoms with van der Waals surface area (Å²) in [6.45, 7) is 0. The molecule has 20 heavy (non-hydrogen) atoms. The smallest absolute Gasteiger partial charge is 0.266 e. The molecule has 104 valence electrons. The molecule has 1 N–H and O–H groups in total. The molecule has 0 unspecified atom stereocenters. The van der Waals surface area contributed by atoms with Crippen LogP contribution in [-0.4, -0.2) is 15.9 Å². The van der Waals surface area contributed by atoms with Gasteiger partial charge in [0.05, 0.1) is 17.3 Å². The molecule has 0 aliphatic heterocycles. The van der Waals surface area contributed by atoms with Gasteiger partial charge in [-0.15, -0.1) is 11.3 Å². The first-order chi connectivity index (χ1) is 9.72. The van der Waals surface area contributed by atoms with E-state index in [1.165, 1.54) is 42.1 Å². The number of carbonyl (C=O) groups is 1. The third-order valence-electron chi connectivity index (χ3n) is 3.33. The second-order valence-electron chi connectivity index (χ2n) is 4.80. The minimum absolute atomic E-state index is 0.125. The molecule has 0 fully saturated rings. The maximum Gasteiger partial charge on any atom is 0.266 e. The van der Waals surface area contributed by atoms with Gasteiger partial charge in [0, 0.05) is 4.88 Å². The van der Waals surface area contributed by atoms with E-state index in [0.717, 1.165) is 17.7 Å². The predicted octanol–water partition coefficient (Wildman–Crippen LogP) is 3.71. The van der Waals surface area contributed by atoms with Crippen molar-refractivity contribution in [1.82, 2.24) is 9.97 Å². The van der Waals surface area contributed by atoms with Crippen LogP contribution in [0.5, 0.6) is 0 Å². The minimum atomic E-state index is -0.125. The maximum atomic E-state index is 12.2. The van der Waals surface area contributed by atoms with Gasteiger partial charge in [-0.25, -0.2) is 9.97 Å². The van der Waals surface area contributed by atoms with Gasteiger partial charge in [-0.3, -0.25) is 4.79 Å². The largest absolute Gasteiger partial charge is 0.305 e. The highest BCUT2D eigenvalue weighted by Crippen LogP contribution is 2.29. The molecule has 6 heteroatoms. The number of anilines is 1. The van der Waals surface area contributed by atoms with E-state index in [1.807, 2.05) is 6.07 Å². The fourth-order valence-corrected chi connectivity index (χ4v) is 3.58. The zero-order chi connectivity index (χ0) is 13.9. The Hall–Kier alpha value is -1.46. The van der Waals surface area contributed by atoms with Gasteiger partial charge < -0.3 is 5.32 Å². The lowest BCUT2D eigenvalue weighted by Crippen LogP contribution is -2.11. The average molecular weight is 308 g/mol. The van der Waals surface area contributed by atoms with Crippen molar-refractivity contribution in [3.8, 4) is 0 Å². The standard InChI is InChI=1S/C14H14ClN3OS/c15-12-7-17-13(8-16-12)18-14(19)11-6-9-4-2-1-3-5-10(9)20-11/h6-8H,1-5H2,(H,17,18,19). The lowest BCUT2D eigenvalue weighted by molar-refractivity contribution is 0.103. The summed E-state index contributed by atoms with van der Waals surface area (Å²) in [5, 5.41) is 3.06. The van der Waals surface area contributed by atoms with Crippen LogP contribution in [0.1, 0.15) is 39.4 Å². The number of hydrogen-bond acceptors (Lipinski definition) is 4. The third-order valence-corrected chi connectivity index (χ3v) is 4.76. The summed E-state index contributed by atoms with van der Waals surface area (Å²) in [4.78, 5) is 22.2. The Labute approximate surface area is 126 Å². The van der Waals surface area contributed by atoms with E-state index in [1.54, 1.807) is 11.3 Å². The van der Waals surface area contributed by atoms with Crippen LogP contribution >= 0.6 is 22.9 Å². The van der Waals surface area contributed by atoms with E-state index in [9.17, 15) is 4.79 Å². The van der Waals surface area contributed by atoms with E-state index in [4.69, 9.17) is 11.6 Å². The van der Waals surface area contributed by atoms with Crippen LogP contribution < -0.4 is 5.32 Å². The van der Waals surface area contributed by atoms with E-state index in [2.05, 4.69) is 15.3 Å². The van der Waals surface area contributed by atoms with Crippen LogP contribution in [-0.2, 0) is 12.8 Å². The summed E-state index contributed by atoms with van der Waals surface area (Å²) in [5.41, 5.74) is 1.33. The zero-order valence-electron chi connectivity index (χ0n) is 10.9. The predicted molar refractivity (Wildman–Crippen MR) is 80.6 cm³/mol. The number of aromatic nitrogens is 2. The fourth-order valence-electron chi connectivity index (χ4n) is 2.33. The van der Waals surface area contributed by atoms with Gasteiger partial charge in [0.2, 0.25) is 0 Å². The molecule has 0 spiro atoms. The molecule has 4 nitrogen and oxygen atoms in total. The van der Waals surface area contributed by atoms with Crippen molar-refractivity contribution >= 4 is 34.7 Å². The van der Waals surface area contributed by atoms with Crippen LogP contribution in [0.25, 0.3) is 0 Å². The van der Waals surface area contributed by atoms with Gasteiger partial charge in [-0.05, 0) is 37.3 Å². The number of aryl methyl sites for hydroxylation is 2. The topological polar surface area (TPSA) is 54.9 Å². The van der Waals surface area contributed by atoms with Gasteiger partial charge in [-0.2, -0.15) is 0 Å². The molecule has 2 aromatic rings. The highest BCUT2D eigenvalue weighted by molar-refractivity contribution is 7.14. The molecule has 0 aromatic carbocycles. The van der Waals surface area contributed by atoms with Crippen molar-refractivity contribution in [3.63, 3.8) is 0 Å². The Kier molecular flexibility index (Phi) is 3.98. The quantitative estimate of drug-likeness (QED) is 0.860. The van der Waals surface area contributed by atoms with E-state index < -0.39 is 0 Å². The summed E-state index contributed by atoms with van der Waals surface area (Å²) < 4.78 is 0. The first kappa shape index (κ1) is 13.5. The second-order valence-corrected chi connectivity index (χ2v) is 6.32. The summed E-state index contributed by atoms with van der Waals surface area (Å²) in [6.07, 6.45) is 8.77. The van der Waals surface area contributed by atoms with Crippen LogP contribution in [0, 0.1) is 0 Å². The second kappa shape index (κ2) is 5.89. The lowest BCUT2D eigenvalue weighted by Gasteiger charge is -2.01. The van der Waals surface area contributed by atoms with Crippen molar-refractivity contribution in [2.75, 3.05) is 5.32 Å². The van der Waals surface area contributed by atoms with Crippen LogP contribution in [0.3, 0.4) is 0 Å². The Balaban J connectivity index is 1.75. The molecule has 2 heterocycles. The molecule has 0 radical (unpaired) electrons. The number of rotatable bonds is 2. The summed E-state index contributed by atoms with van der Waals surface area (Å²) in [5.74, 6) is 0.294. The number of fused-ring (bicyclic) bond motifs is 1. The Morgan fingerprint density at radius 2 is 2.05 bits per heavy atom. The van der Waals surface area contributed by atoms with Crippen molar-refractivity contribution in [1.29, 1.82) is 0 Å². The number of carbonyl (C=O) groups excluding carboxylic acids is 1. The molecule has 0 saturated carbocycles. The van der Waals surface area contributed by atoms with Crippen LogP contribution in [0.2, 0.25) is 5.15 Å². The SMILES string of the molecule is O=C(Nc1cnc(Cl)cn1)c1cc2c(s1)CCCCC2. The first-order valence-electron chi connectivity index (χ1n) is 6.63. The zero-order valence-corrected chi connectivity index (χ0v) is 12.4. The van der Waals surface area contributed by atoms with Gasteiger partial charge in [-0.1, -0.05) is 18.0 Å². The molecule has 1 aliphatic rings. The highest BCUT2D eigenvalue weighted by Gasteiger charge is 2.16. The van der Waals surface area contributed by atoms with Gasteiger partial charge in [0.1, 0.15) is 5.15 Å². The number of hydrogen-bond donors (Lipinski definition) is 1. The first-order valence-corrected chi connectivity index (χ1v) is 7.82. The number of nitrogens with zero attached hydrogens (tertiary/aromatic N) is 2. The Morgan fingerprint density at radius 1 is 1.20 bits per heavy atom. The number of halogens is 1. The molecule has 1 aliphatic carbocycles. The summed E-state index contributed by atoms with van der Waals surface area (Å²) >= 11 is 7.26. The third kappa shape index (κ3) is 2.99. The minimum Gasteiger partial charge on any atom is -0.305 e. The normalized spacial score (nSPS) is 14.4. The molecular formula is C14H14ClN3OS. The number of thiophene rings is 1. The Bertz CT molecular complexity index is 600. The summed E-state index contributed by atoms with van der Waals surface area (Å²) in [7, 11) is 0. The van der Waals surface area contributed by atoms with Crippen molar-refractivity contribution < 1.29 is 4.79 Å². The van der Waals surface area contributed by atoms with Crippen LogP contribution in [0.15, 0.2) is 18.5 Å². The molecule has 3 rings (SSSR count). The molecule has 2 aromatic heterocycles. The monoisotopic (exact) mass is 307 g/mol. The van der Waals surface area contributed by atoms with Gasteiger partial charge in [0.15, 0.2) is 5.82 Å². The molecule has 0 atom stereocenters. The lowest BCUT2D eigenvalue weighted by atomic mass is 10.1. The van der Waals surface area contributed by atoms with E-state index in [0.29, 0.717) is 11.0 Å². The fraction of sp³-hybridized carbons (Fsp3) is 0.357. The van der Waals surface area contributed by atoms with Crippen LogP contribution in [0.4, 0.5) is 5.82 Å². The van der Waals surface area contributed by atoms with Gasteiger partial charge in [0.25, 0.3) is 5.91 Å². The van der Waals surface area contributed by atoms with Crippen molar-refractivity contribution in [3.05, 3.63) is 38.9 Å². The van der Waals surface area contributed by atoms with Gasteiger partial charge >= 0.3 is 0 Å². The van der Waals surface area contributed by atoms with Crippen molar-refractivity contribution in [2.24, 2.45) is 0 Å².